The highest BCUT2D eigenvalue weighted by molar-refractivity contribution is 6.06. The van der Waals surface area contributed by atoms with E-state index in [1.165, 1.54) is 23.0 Å². The molecule has 0 radical (unpaired) electrons. The lowest BCUT2D eigenvalue weighted by molar-refractivity contribution is -0.200. The summed E-state index contributed by atoms with van der Waals surface area (Å²) in [6, 6.07) is 6.27. The average Bonchev–Trinajstić information content (AvgIpc) is 3.25. The summed E-state index contributed by atoms with van der Waals surface area (Å²) in [4.78, 5) is 29.0. The number of rotatable bonds is 7. The summed E-state index contributed by atoms with van der Waals surface area (Å²) >= 11 is 0. The Morgan fingerprint density at radius 2 is 1.78 bits per heavy atom. The van der Waals surface area contributed by atoms with Gasteiger partial charge in [-0.15, -0.1) is 5.06 Å². The number of carbonyl (C=O) groups excluding carboxylic acids is 2. The van der Waals surface area contributed by atoms with Crippen molar-refractivity contribution in [1.82, 2.24) is 9.78 Å². The van der Waals surface area contributed by atoms with Crippen LogP contribution in [0, 0.1) is 11.6 Å². The number of nitrogens with zero attached hydrogens (tertiary/aromatic N) is 3. The maximum atomic E-state index is 14.6. The standard InChI is InChI=1S/C22H19F5N4O5/c1-30-17(5-7-29-30)14-9-12(3-4-18(14)35-8-6-28)31(36-21(33)22(25,26)27)20(32)19-15(23)10-13(34-2)11-16(19)24/h3-5,7,9-11H,6,8,28H2,1-2H3. The van der Waals surface area contributed by atoms with Gasteiger partial charge in [0.2, 0.25) is 0 Å². The van der Waals surface area contributed by atoms with E-state index in [2.05, 4.69) is 9.94 Å². The van der Waals surface area contributed by atoms with Crippen molar-refractivity contribution < 1.29 is 45.9 Å². The number of amides is 1. The Labute approximate surface area is 200 Å². The predicted octanol–water partition coefficient (Wildman–Crippen LogP) is 3.38. The largest absolute Gasteiger partial charge is 0.497 e. The first kappa shape index (κ1) is 26.4. The lowest BCUT2D eigenvalue weighted by atomic mass is 10.1. The van der Waals surface area contributed by atoms with Gasteiger partial charge >= 0.3 is 12.1 Å². The number of nitrogens with two attached hydrogens (primary N) is 1. The molecular formula is C22H19F5N4O5. The van der Waals surface area contributed by atoms with Crippen molar-refractivity contribution in [2.45, 2.75) is 6.18 Å². The van der Waals surface area contributed by atoms with Crippen molar-refractivity contribution >= 4 is 17.6 Å². The monoisotopic (exact) mass is 514 g/mol. The summed E-state index contributed by atoms with van der Waals surface area (Å²) in [7, 11) is 2.67. The van der Waals surface area contributed by atoms with Crippen LogP contribution >= 0.6 is 0 Å². The van der Waals surface area contributed by atoms with E-state index in [0.717, 1.165) is 19.2 Å². The van der Waals surface area contributed by atoms with Crippen LogP contribution in [0.5, 0.6) is 11.5 Å². The van der Waals surface area contributed by atoms with E-state index in [1.54, 1.807) is 7.05 Å². The maximum absolute atomic E-state index is 14.6. The molecule has 0 bridgehead atoms. The summed E-state index contributed by atoms with van der Waals surface area (Å²) in [5.74, 6) is -7.53. The Kier molecular flexibility index (Phi) is 7.77. The van der Waals surface area contributed by atoms with Crippen molar-refractivity contribution in [3.63, 3.8) is 0 Å². The molecule has 1 amide bonds. The van der Waals surface area contributed by atoms with Gasteiger partial charge in [0, 0.05) is 37.5 Å². The molecule has 0 spiro atoms. The Balaban J connectivity index is 2.17. The highest BCUT2D eigenvalue weighted by atomic mass is 19.4. The third-order valence-corrected chi connectivity index (χ3v) is 4.73. The van der Waals surface area contributed by atoms with Gasteiger partial charge in [0.05, 0.1) is 18.5 Å². The fraction of sp³-hybridized carbons (Fsp3) is 0.227. The fourth-order valence-electron chi connectivity index (χ4n) is 3.10. The number of hydroxylamine groups is 1. The molecule has 0 aliphatic carbocycles. The number of alkyl halides is 3. The van der Waals surface area contributed by atoms with E-state index in [1.807, 2.05) is 0 Å². The SMILES string of the molecule is COc1cc(F)c(C(=O)N(OC(=O)C(F)(F)F)c2ccc(OCCN)c(-c3ccnn3C)c2)c(F)c1. The zero-order valence-corrected chi connectivity index (χ0v) is 18.8. The van der Waals surface area contributed by atoms with Crippen molar-refractivity contribution in [1.29, 1.82) is 0 Å². The molecule has 3 rings (SSSR count). The maximum Gasteiger partial charge on any atom is 0.493 e. The van der Waals surface area contributed by atoms with Gasteiger partial charge in [-0.25, -0.2) is 13.6 Å². The molecule has 3 aromatic rings. The molecule has 192 valence electrons. The zero-order valence-electron chi connectivity index (χ0n) is 18.8. The third-order valence-electron chi connectivity index (χ3n) is 4.73. The number of hydrogen-bond donors (Lipinski definition) is 1. The molecule has 1 aromatic heterocycles. The van der Waals surface area contributed by atoms with Crippen LogP contribution in [-0.4, -0.2) is 48.1 Å². The van der Waals surface area contributed by atoms with Crippen molar-refractivity contribution in [3.8, 4) is 22.8 Å². The predicted molar refractivity (Wildman–Crippen MR) is 115 cm³/mol. The van der Waals surface area contributed by atoms with Crippen LogP contribution in [-0.2, 0) is 16.7 Å². The quantitative estimate of drug-likeness (QED) is 0.380. The van der Waals surface area contributed by atoms with Crippen LogP contribution in [0.4, 0.5) is 27.6 Å². The number of halogens is 5. The number of ether oxygens (including phenoxy) is 2. The van der Waals surface area contributed by atoms with Gasteiger partial charge in [0.25, 0.3) is 5.91 Å². The molecule has 2 N–H and O–H groups in total. The summed E-state index contributed by atoms with van der Waals surface area (Å²) < 4.78 is 79.8. The smallest absolute Gasteiger partial charge is 0.493 e. The minimum absolute atomic E-state index is 0.0676. The van der Waals surface area contributed by atoms with E-state index in [9.17, 15) is 31.5 Å². The van der Waals surface area contributed by atoms with Gasteiger partial charge in [0.1, 0.15) is 35.3 Å². The Bertz CT molecular complexity index is 1250. The molecule has 0 aliphatic rings. The minimum atomic E-state index is -5.52. The summed E-state index contributed by atoms with van der Waals surface area (Å²) in [6.07, 6.45) is -4.10. The van der Waals surface area contributed by atoms with Crippen LogP contribution in [0.15, 0.2) is 42.6 Å². The lowest BCUT2D eigenvalue weighted by Crippen LogP contribution is -2.39. The van der Waals surface area contributed by atoms with Crippen molar-refractivity contribution in [2.75, 3.05) is 25.3 Å². The number of aryl methyl sites for hydroxylation is 1. The molecule has 0 saturated carbocycles. The van der Waals surface area contributed by atoms with Crippen molar-refractivity contribution in [3.05, 3.63) is 59.8 Å². The molecule has 0 unspecified atom stereocenters. The normalized spacial score (nSPS) is 11.2. The highest BCUT2D eigenvalue weighted by Gasteiger charge is 2.44. The van der Waals surface area contributed by atoms with E-state index >= 15 is 0 Å². The van der Waals surface area contributed by atoms with Gasteiger partial charge in [-0.1, -0.05) is 0 Å². The average molecular weight is 514 g/mol. The number of carbonyl (C=O) groups is 2. The van der Waals surface area contributed by atoms with Crippen LogP contribution < -0.4 is 20.3 Å². The first-order chi connectivity index (χ1) is 17.0. The number of anilines is 1. The minimum Gasteiger partial charge on any atom is -0.497 e. The molecular weight excluding hydrogens is 495 g/mol. The topological polar surface area (TPSA) is 109 Å². The molecule has 2 aromatic carbocycles. The number of hydrogen-bond acceptors (Lipinski definition) is 7. The second kappa shape index (κ2) is 10.6. The molecule has 36 heavy (non-hydrogen) atoms. The molecule has 1 heterocycles. The van der Waals surface area contributed by atoms with E-state index in [-0.39, 0.29) is 35.3 Å². The van der Waals surface area contributed by atoms with E-state index in [0.29, 0.717) is 17.8 Å². The van der Waals surface area contributed by atoms with Crippen molar-refractivity contribution in [2.24, 2.45) is 12.8 Å². The Morgan fingerprint density at radius 1 is 1.11 bits per heavy atom. The van der Waals surface area contributed by atoms with Crippen LogP contribution in [0.3, 0.4) is 0 Å². The van der Waals surface area contributed by atoms with Crippen LogP contribution in [0.2, 0.25) is 0 Å². The summed E-state index contributed by atoms with van der Waals surface area (Å²) in [5, 5.41) is 3.85. The number of benzene rings is 2. The number of methoxy groups -OCH3 is 1. The molecule has 9 nitrogen and oxygen atoms in total. The first-order valence-electron chi connectivity index (χ1n) is 10.1. The summed E-state index contributed by atoms with van der Waals surface area (Å²) in [5.41, 5.74) is 4.31. The number of aromatic nitrogens is 2. The molecule has 0 saturated heterocycles. The highest BCUT2D eigenvalue weighted by Crippen LogP contribution is 2.35. The van der Waals surface area contributed by atoms with Gasteiger partial charge in [0.15, 0.2) is 0 Å². The van der Waals surface area contributed by atoms with Gasteiger partial charge in [-0.05, 0) is 24.3 Å². The Morgan fingerprint density at radius 3 is 2.31 bits per heavy atom. The van der Waals surface area contributed by atoms with Gasteiger partial charge in [-0.3, -0.25) is 9.48 Å². The summed E-state index contributed by atoms with van der Waals surface area (Å²) in [6.45, 7) is 0.203. The molecule has 0 atom stereocenters. The third kappa shape index (κ3) is 5.54. The molecule has 14 heteroatoms. The van der Waals surface area contributed by atoms with Gasteiger partial charge < -0.3 is 20.0 Å². The van der Waals surface area contributed by atoms with Gasteiger partial charge in [-0.2, -0.15) is 18.3 Å². The lowest BCUT2D eigenvalue weighted by Gasteiger charge is -2.23. The van der Waals surface area contributed by atoms with Crippen LogP contribution in [0.1, 0.15) is 10.4 Å². The fourth-order valence-corrected chi connectivity index (χ4v) is 3.10. The van der Waals surface area contributed by atoms with E-state index in [4.69, 9.17) is 15.2 Å². The Hall–Kier alpha value is -4.20. The zero-order chi connectivity index (χ0) is 26.6. The molecule has 0 aliphatic heterocycles. The molecule has 0 fully saturated rings. The first-order valence-corrected chi connectivity index (χ1v) is 10.1. The second-order valence-electron chi connectivity index (χ2n) is 7.10. The second-order valence-corrected chi connectivity index (χ2v) is 7.10. The van der Waals surface area contributed by atoms with Crippen LogP contribution in [0.25, 0.3) is 11.3 Å². The van der Waals surface area contributed by atoms with E-state index < -0.39 is 40.9 Å².